The van der Waals surface area contributed by atoms with Gasteiger partial charge in [-0.25, -0.2) is 0 Å². The van der Waals surface area contributed by atoms with E-state index in [1.807, 2.05) is 37.3 Å². The number of rotatable bonds is 8. The van der Waals surface area contributed by atoms with E-state index >= 15 is 0 Å². The minimum atomic E-state index is 0.189. The van der Waals surface area contributed by atoms with Crippen molar-refractivity contribution in [2.24, 2.45) is 0 Å². The molecule has 5 heteroatoms. The van der Waals surface area contributed by atoms with E-state index in [0.29, 0.717) is 18.4 Å². The first-order chi connectivity index (χ1) is 13.2. The van der Waals surface area contributed by atoms with E-state index < -0.39 is 0 Å². The van der Waals surface area contributed by atoms with Crippen molar-refractivity contribution in [3.8, 4) is 11.5 Å². The Kier molecular flexibility index (Phi) is 7.10. The van der Waals surface area contributed by atoms with Crippen molar-refractivity contribution in [2.45, 2.75) is 32.5 Å². The maximum atomic E-state index is 9.68. The molecule has 1 saturated heterocycles. The average Bonchev–Trinajstić information content (AvgIpc) is 2.66. The van der Waals surface area contributed by atoms with Crippen LogP contribution in [0.15, 0.2) is 48.5 Å². The normalized spacial score (nSPS) is 18.5. The van der Waals surface area contributed by atoms with Gasteiger partial charge >= 0.3 is 0 Å². The Hall–Kier alpha value is -2.08. The smallest absolute Gasteiger partial charge is 0.123 e. The second-order valence-electron chi connectivity index (χ2n) is 7.08. The predicted molar refractivity (Wildman–Crippen MR) is 107 cm³/mol. The van der Waals surface area contributed by atoms with Crippen LogP contribution in [0.25, 0.3) is 0 Å². The molecule has 146 valence electrons. The van der Waals surface area contributed by atoms with Crippen molar-refractivity contribution in [1.29, 1.82) is 0 Å². The number of aliphatic hydroxyl groups excluding tert-OH is 1. The first-order valence-electron chi connectivity index (χ1n) is 9.75. The van der Waals surface area contributed by atoms with E-state index in [4.69, 9.17) is 4.74 Å². The van der Waals surface area contributed by atoms with E-state index in [1.165, 1.54) is 5.56 Å². The second kappa shape index (κ2) is 9.74. The summed E-state index contributed by atoms with van der Waals surface area (Å²) < 4.78 is 5.77. The molecule has 1 aliphatic heterocycles. The number of piperazine rings is 1. The lowest BCUT2D eigenvalue weighted by molar-refractivity contribution is 0.0494. The molecule has 1 aliphatic rings. The minimum Gasteiger partial charge on any atom is -0.508 e. The van der Waals surface area contributed by atoms with Crippen LogP contribution in [-0.4, -0.2) is 58.9 Å². The van der Waals surface area contributed by atoms with Crippen LogP contribution in [0.1, 0.15) is 24.5 Å². The highest BCUT2D eigenvalue weighted by molar-refractivity contribution is 5.33. The molecule has 0 aliphatic carbocycles. The summed E-state index contributed by atoms with van der Waals surface area (Å²) in [5.41, 5.74) is 2.32. The predicted octanol–water partition coefficient (Wildman–Crippen LogP) is 2.86. The standard InChI is InChI=1S/C22H30N2O3/c1-2-27-22-9-4-3-7-19(22)16-24-12-11-23(17-20(24)10-13-25)15-18-6-5-8-21(26)14-18/h3-9,14,20,25-26H,2,10-13,15-17H2,1H3/t20-/m0/s1. The quantitative estimate of drug-likeness (QED) is 0.748. The van der Waals surface area contributed by atoms with Gasteiger partial charge in [0.15, 0.2) is 0 Å². The van der Waals surface area contributed by atoms with Crippen LogP contribution >= 0.6 is 0 Å². The van der Waals surface area contributed by atoms with Crippen molar-refractivity contribution in [1.82, 2.24) is 9.80 Å². The topological polar surface area (TPSA) is 56.2 Å². The molecule has 3 rings (SSSR count). The molecule has 2 N–H and O–H groups in total. The van der Waals surface area contributed by atoms with Gasteiger partial charge in [0.1, 0.15) is 11.5 Å². The van der Waals surface area contributed by atoms with Crippen molar-refractivity contribution < 1.29 is 14.9 Å². The molecule has 0 unspecified atom stereocenters. The molecule has 0 spiro atoms. The number of aromatic hydroxyl groups is 1. The fourth-order valence-electron chi connectivity index (χ4n) is 3.79. The lowest BCUT2D eigenvalue weighted by atomic mass is 10.1. The van der Waals surface area contributed by atoms with Gasteiger partial charge in [0.05, 0.1) is 6.61 Å². The van der Waals surface area contributed by atoms with E-state index in [9.17, 15) is 10.2 Å². The summed E-state index contributed by atoms with van der Waals surface area (Å²) in [6.07, 6.45) is 0.757. The van der Waals surface area contributed by atoms with Gasteiger partial charge in [-0.15, -0.1) is 0 Å². The maximum Gasteiger partial charge on any atom is 0.123 e. The molecule has 27 heavy (non-hydrogen) atoms. The number of aliphatic hydroxyl groups is 1. The number of benzene rings is 2. The Morgan fingerprint density at radius 3 is 2.70 bits per heavy atom. The third kappa shape index (κ3) is 5.45. The SMILES string of the molecule is CCOc1ccccc1CN1CCN(Cc2cccc(O)c2)C[C@@H]1CCO. The number of hydrogen-bond acceptors (Lipinski definition) is 5. The molecule has 0 aromatic heterocycles. The number of ether oxygens (including phenoxy) is 1. The van der Waals surface area contributed by atoms with Gasteiger partial charge in [0, 0.05) is 50.9 Å². The molecule has 1 fully saturated rings. The van der Waals surface area contributed by atoms with E-state index in [1.54, 1.807) is 6.07 Å². The van der Waals surface area contributed by atoms with E-state index in [0.717, 1.165) is 50.5 Å². The summed E-state index contributed by atoms with van der Waals surface area (Å²) in [7, 11) is 0. The van der Waals surface area contributed by atoms with Gasteiger partial charge in [-0.2, -0.15) is 0 Å². The summed E-state index contributed by atoms with van der Waals surface area (Å²) in [6, 6.07) is 16.0. The van der Waals surface area contributed by atoms with Crippen LogP contribution in [0, 0.1) is 0 Å². The Bertz CT molecular complexity index is 722. The summed E-state index contributed by atoms with van der Waals surface area (Å²) in [4.78, 5) is 4.85. The molecular weight excluding hydrogens is 340 g/mol. The Labute approximate surface area is 161 Å². The molecule has 0 bridgehead atoms. The van der Waals surface area contributed by atoms with Crippen LogP contribution in [0.3, 0.4) is 0 Å². The fourth-order valence-corrected chi connectivity index (χ4v) is 3.79. The minimum absolute atomic E-state index is 0.189. The van der Waals surface area contributed by atoms with Gasteiger partial charge in [0.2, 0.25) is 0 Å². The van der Waals surface area contributed by atoms with Gasteiger partial charge in [0.25, 0.3) is 0 Å². The van der Waals surface area contributed by atoms with Gasteiger partial charge in [-0.3, -0.25) is 9.80 Å². The zero-order valence-corrected chi connectivity index (χ0v) is 16.1. The lowest BCUT2D eigenvalue weighted by Gasteiger charge is -2.41. The number of phenols is 1. The van der Waals surface area contributed by atoms with Gasteiger partial charge in [-0.1, -0.05) is 30.3 Å². The van der Waals surface area contributed by atoms with Crippen LogP contribution in [0.5, 0.6) is 11.5 Å². The highest BCUT2D eigenvalue weighted by Crippen LogP contribution is 2.24. The first kappa shape index (κ1) is 19.7. The summed E-state index contributed by atoms with van der Waals surface area (Å²) >= 11 is 0. The zero-order valence-electron chi connectivity index (χ0n) is 16.1. The Balaban J connectivity index is 1.66. The Morgan fingerprint density at radius 2 is 1.93 bits per heavy atom. The third-order valence-electron chi connectivity index (χ3n) is 5.11. The average molecular weight is 370 g/mol. The fraction of sp³-hybridized carbons (Fsp3) is 0.455. The zero-order chi connectivity index (χ0) is 19.1. The summed E-state index contributed by atoms with van der Waals surface area (Å²) in [5.74, 6) is 1.26. The lowest BCUT2D eigenvalue weighted by Crippen LogP contribution is -2.52. The summed E-state index contributed by atoms with van der Waals surface area (Å²) in [6.45, 7) is 7.33. The van der Waals surface area contributed by atoms with E-state index in [2.05, 4.69) is 21.9 Å². The monoisotopic (exact) mass is 370 g/mol. The number of para-hydroxylation sites is 1. The molecule has 0 radical (unpaired) electrons. The molecule has 0 amide bonds. The second-order valence-corrected chi connectivity index (χ2v) is 7.08. The number of nitrogens with zero attached hydrogens (tertiary/aromatic N) is 2. The molecule has 0 saturated carbocycles. The van der Waals surface area contributed by atoms with Crippen LogP contribution in [0.2, 0.25) is 0 Å². The van der Waals surface area contributed by atoms with Crippen LogP contribution < -0.4 is 4.74 Å². The molecule has 1 heterocycles. The van der Waals surface area contributed by atoms with Crippen molar-refractivity contribution in [3.63, 3.8) is 0 Å². The maximum absolute atomic E-state index is 9.68. The number of phenolic OH excluding ortho intramolecular Hbond substituents is 1. The number of hydrogen-bond donors (Lipinski definition) is 2. The molecule has 2 aromatic carbocycles. The first-order valence-corrected chi connectivity index (χ1v) is 9.75. The molecule has 5 nitrogen and oxygen atoms in total. The van der Waals surface area contributed by atoms with Crippen molar-refractivity contribution in [3.05, 3.63) is 59.7 Å². The summed E-state index contributed by atoms with van der Waals surface area (Å²) in [5, 5.41) is 19.2. The van der Waals surface area contributed by atoms with Crippen molar-refractivity contribution >= 4 is 0 Å². The van der Waals surface area contributed by atoms with Crippen LogP contribution in [-0.2, 0) is 13.1 Å². The van der Waals surface area contributed by atoms with Crippen LogP contribution in [0.4, 0.5) is 0 Å². The molecule has 1 atom stereocenters. The van der Waals surface area contributed by atoms with Gasteiger partial charge < -0.3 is 14.9 Å². The highest BCUT2D eigenvalue weighted by atomic mass is 16.5. The Morgan fingerprint density at radius 1 is 1.07 bits per heavy atom. The van der Waals surface area contributed by atoms with Gasteiger partial charge in [-0.05, 0) is 37.1 Å². The van der Waals surface area contributed by atoms with Crippen molar-refractivity contribution in [2.75, 3.05) is 32.8 Å². The molecule has 2 aromatic rings. The van der Waals surface area contributed by atoms with E-state index in [-0.39, 0.29) is 6.61 Å². The molecular formula is C22H30N2O3. The third-order valence-corrected chi connectivity index (χ3v) is 5.11. The largest absolute Gasteiger partial charge is 0.508 e. The highest BCUT2D eigenvalue weighted by Gasteiger charge is 2.27.